The molecule has 0 bridgehead atoms. The molecule has 0 aromatic heterocycles. The highest BCUT2D eigenvalue weighted by Gasteiger charge is 2.42. The van der Waals surface area contributed by atoms with Gasteiger partial charge in [0, 0.05) is 37.2 Å². The Bertz CT molecular complexity index is 710. The monoisotopic (exact) mass is 398 g/mol. The van der Waals surface area contributed by atoms with Gasteiger partial charge in [-0.2, -0.15) is 0 Å². The number of carbonyl (C=O) groups is 1. The Morgan fingerprint density at radius 1 is 1.23 bits per heavy atom. The maximum Gasteiger partial charge on any atom is 0.237 e. The lowest BCUT2D eigenvalue weighted by Crippen LogP contribution is -2.54. The third kappa shape index (κ3) is 3.55. The van der Waals surface area contributed by atoms with Crippen molar-refractivity contribution in [2.45, 2.75) is 43.7 Å². The summed E-state index contributed by atoms with van der Waals surface area (Å²) < 4.78 is 0. The number of rotatable bonds is 5. The van der Waals surface area contributed by atoms with E-state index in [-0.39, 0.29) is 29.7 Å². The third-order valence-corrected chi connectivity index (χ3v) is 6.81. The minimum Gasteiger partial charge on any atom is -0.508 e. The van der Waals surface area contributed by atoms with Crippen molar-refractivity contribution >= 4 is 29.1 Å². The van der Waals surface area contributed by atoms with Crippen molar-refractivity contribution in [3.63, 3.8) is 0 Å². The Labute approximate surface area is 163 Å². The van der Waals surface area contributed by atoms with Crippen LogP contribution >= 0.6 is 23.2 Å². The Hall–Kier alpha value is -1.01. The molecule has 3 aliphatic rings. The van der Waals surface area contributed by atoms with Crippen molar-refractivity contribution in [3.8, 4) is 5.75 Å². The Morgan fingerprint density at radius 2 is 2.00 bits per heavy atom. The highest BCUT2D eigenvalue weighted by molar-refractivity contribution is 6.42. The second-order valence-corrected chi connectivity index (χ2v) is 8.64. The van der Waals surface area contributed by atoms with Gasteiger partial charge in [-0.25, -0.2) is 0 Å². The van der Waals surface area contributed by atoms with Gasteiger partial charge in [0.05, 0.1) is 22.7 Å². The summed E-state index contributed by atoms with van der Waals surface area (Å²) in [6.45, 7) is 2.52. The zero-order chi connectivity index (χ0) is 18.4. The number of hydrogen-bond acceptors (Lipinski definition) is 4. The van der Waals surface area contributed by atoms with E-state index >= 15 is 0 Å². The number of hydrogen-bond donors (Lipinski definition) is 2. The van der Waals surface area contributed by atoms with E-state index in [9.17, 15) is 15.0 Å². The Balaban J connectivity index is 1.43. The number of amides is 1. The van der Waals surface area contributed by atoms with Crippen LogP contribution in [0.4, 0.5) is 0 Å². The third-order valence-electron chi connectivity index (χ3n) is 5.99. The predicted octanol–water partition coefficient (Wildman–Crippen LogP) is 2.86. The number of aliphatic hydroxyl groups excluding tert-OH is 1. The van der Waals surface area contributed by atoms with E-state index in [2.05, 4.69) is 4.90 Å². The summed E-state index contributed by atoms with van der Waals surface area (Å²) in [5, 5.41) is 21.1. The summed E-state index contributed by atoms with van der Waals surface area (Å²) in [5.41, 5.74) is 0.650. The molecule has 0 radical (unpaired) electrons. The number of nitrogens with zero attached hydrogens (tertiary/aromatic N) is 2. The van der Waals surface area contributed by atoms with Gasteiger partial charge in [0.25, 0.3) is 0 Å². The first-order valence-electron chi connectivity index (χ1n) is 9.30. The first kappa shape index (κ1) is 18.4. The van der Waals surface area contributed by atoms with Gasteiger partial charge in [-0.3, -0.25) is 9.69 Å². The molecule has 5 nitrogen and oxygen atoms in total. The second kappa shape index (κ2) is 7.19. The first-order chi connectivity index (χ1) is 12.4. The summed E-state index contributed by atoms with van der Waals surface area (Å²) in [6, 6.07) is 3.27. The summed E-state index contributed by atoms with van der Waals surface area (Å²) in [7, 11) is 0. The van der Waals surface area contributed by atoms with Gasteiger partial charge >= 0.3 is 0 Å². The fourth-order valence-corrected chi connectivity index (χ4v) is 4.87. The summed E-state index contributed by atoms with van der Waals surface area (Å²) in [5.74, 6) is 0.714. The maximum atomic E-state index is 12.6. The van der Waals surface area contributed by atoms with E-state index in [4.69, 9.17) is 23.2 Å². The SMILES string of the molecule is O=C1CN(CC[C@@H](O)C2CC2)C[C@@H]2C[C@H](c3c(O)ccc(Cl)c3Cl)CN12. The summed E-state index contributed by atoms with van der Waals surface area (Å²) >= 11 is 12.4. The van der Waals surface area contributed by atoms with E-state index < -0.39 is 0 Å². The fourth-order valence-electron chi connectivity index (χ4n) is 4.40. The molecule has 3 fully saturated rings. The lowest BCUT2D eigenvalue weighted by atomic mass is 9.95. The Morgan fingerprint density at radius 3 is 2.73 bits per heavy atom. The predicted molar refractivity (Wildman–Crippen MR) is 101 cm³/mol. The van der Waals surface area contributed by atoms with Crippen LogP contribution in [-0.4, -0.2) is 64.2 Å². The molecule has 4 rings (SSSR count). The molecule has 2 saturated heterocycles. The van der Waals surface area contributed by atoms with Gasteiger partial charge in [0.15, 0.2) is 0 Å². The molecule has 0 unspecified atom stereocenters. The first-order valence-corrected chi connectivity index (χ1v) is 10.1. The number of benzene rings is 1. The van der Waals surface area contributed by atoms with Crippen LogP contribution in [0.3, 0.4) is 0 Å². The van der Waals surface area contributed by atoms with Gasteiger partial charge in [-0.15, -0.1) is 0 Å². The normalized spacial score (nSPS) is 27.7. The number of piperazine rings is 1. The van der Waals surface area contributed by atoms with Crippen LogP contribution in [0, 0.1) is 5.92 Å². The van der Waals surface area contributed by atoms with Gasteiger partial charge in [0.1, 0.15) is 5.75 Å². The highest BCUT2D eigenvalue weighted by atomic mass is 35.5. The van der Waals surface area contributed by atoms with Gasteiger partial charge in [-0.05, 0) is 43.7 Å². The summed E-state index contributed by atoms with van der Waals surface area (Å²) in [6.07, 6.45) is 3.52. The molecule has 3 atom stereocenters. The van der Waals surface area contributed by atoms with Crippen LogP contribution in [0.1, 0.15) is 37.2 Å². The van der Waals surface area contributed by atoms with Crippen molar-refractivity contribution in [1.82, 2.24) is 9.80 Å². The standard InChI is InChI=1S/C19H24Cl2N2O3/c20-14-3-4-16(25)18(19(14)21)12-7-13-9-22(10-17(26)23(13)8-12)6-5-15(24)11-1-2-11/h3-4,11-13,15,24-25H,1-2,5-10H2/t12-,13-,15+/m0/s1. The van der Waals surface area contributed by atoms with E-state index in [1.807, 2.05) is 4.90 Å². The van der Waals surface area contributed by atoms with E-state index in [0.717, 1.165) is 38.8 Å². The lowest BCUT2D eigenvalue weighted by molar-refractivity contribution is -0.137. The van der Waals surface area contributed by atoms with Gasteiger partial charge < -0.3 is 15.1 Å². The molecule has 1 aliphatic carbocycles. The lowest BCUT2D eigenvalue weighted by Gasteiger charge is -2.37. The Kier molecular flexibility index (Phi) is 5.08. The number of aliphatic hydroxyl groups is 1. The van der Waals surface area contributed by atoms with E-state index in [1.54, 1.807) is 12.1 Å². The number of halogens is 2. The number of phenolic OH excluding ortho intramolecular Hbond substituents is 1. The van der Waals surface area contributed by atoms with Crippen LogP contribution in [0.15, 0.2) is 12.1 Å². The highest BCUT2D eigenvalue weighted by Crippen LogP contribution is 2.43. The van der Waals surface area contributed by atoms with Crippen molar-refractivity contribution in [1.29, 1.82) is 0 Å². The van der Waals surface area contributed by atoms with Crippen LogP contribution in [-0.2, 0) is 4.79 Å². The molecular formula is C19H24Cl2N2O3. The molecule has 1 aromatic carbocycles. The second-order valence-electron chi connectivity index (χ2n) is 7.86. The molecule has 1 aromatic rings. The molecule has 1 saturated carbocycles. The molecule has 7 heteroatoms. The van der Waals surface area contributed by atoms with Crippen molar-refractivity contribution in [2.24, 2.45) is 5.92 Å². The summed E-state index contributed by atoms with van der Waals surface area (Å²) in [4.78, 5) is 16.7. The molecule has 2 aliphatic heterocycles. The van der Waals surface area contributed by atoms with Gasteiger partial charge in [0.2, 0.25) is 5.91 Å². The topological polar surface area (TPSA) is 64.0 Å². The number of aromatic hydroxyl groups is 1. The van der Waals surface area contributed by atoms with Crippen LogP contribution in [0.2, 0.25) is 10.0 Å². The average Bonchev–Trinajstić information content (AvgIpc) is 3.37. The van der Waals surface area contributed by atoms with Crippen molar-refractivity contribution < 1.29 is 15.0 Å². The smallest absolute Gasteiger partial charge is 0.237 e. The molecule has 0 spiro atoms. The molecule has 26 heavy (non-hydrogen) atoms. The fraction of sp³-hybridized carbons (Fsp3) is 0.632. The van der Waals surface area contributed by atoms with E-state index in [1.165, 1.54) is 0 Å². The molecule has 142 valence electrons. The quantitative estimate of drug-likeness (QED) is 0.800. The number of fused-ring (bicyclic) bond motifs is 1. The van der Waals surface area contributed by atoms with Crippen molar-refractivity contribution in [2.75, 3.05) is 26.2 Å². The maximum absolute atomic E-state index is 12.6. The minimum atomic E-state index is -0.235. The van der Waals surface area contributed by atoms with Crippen LogP contribution < -0.4 is 0 Å². The van der Waals surface area contributed by atoms with Gasteiger partial charge in [-0.1, -0.05) is 23.2 Å². The molecule has 2 heterocycles. The van der Waals surface area contributed by atoms with Crippen LogP contribution in [0.25, 0.3) is 0 Å². The number of phenols is 1. The molecule has 1 amide bonds. The molecular weight excluding hydrogens is 375 g/mol. The largest absolute Gasteiger partial charge is 0.508 e. The van der Waals surface area contributed by atoms with E-state index in [0.29, 0.717) is 34.6 Å². The number of carbonyl (C=O) groups excluding carboxylic acids is 1. The zero-order valence-corrected chi connectivity index (χ0v) is 16.1. The average molecular weight is 399 g/mol. The molecule has 2 N–H and O–H groups in total. The van der Waals surface area contributed by atoms with Crippen molar-refractivity contribution in [3.05, 3.63) is 27.7 Å². The minimum absolute atomic E-state index is 0.00726. The zero-order valence-electron chi connectivity index (χ0n) is 14.6. The van der Waals surface area contributed by atoms with Crippen LogP contribution in [0.5, 0.6) is 5.75 Å².